The van der Waals surface area contributed by atoms with Crippen molar-refractivity contribution in [2.45, 2.75) is 11.4 Å². The van der Waals surface area contributed by atoms with Crippen LogP contribution in [0.5, 0.6) is 0 Å². The fourth-order valence-electron chi connectivity index (χ4n) is 1.72. The number of amides is 1. The summed E-state index contributed by atoms with van der Waals surface area (Å²) >= 11 is 0. The summed E-state index contributed by atoms with van der Waals surface area (Å²) < 4.78 is 23.7. The number of fused-ring (bicyclic) bond motifs is 1. The van der Waals surface area contributed by atoms with Crippen molar-refractivity contribution < 1.29 is 13.2 Å². The van der Waals surface area contributed by atoms with E-state index in [2.05, 4.69) is 0 Å². The maximum Gasteiger partial charge on any atom is 0.238 e. The number of nitrogens with zero attached hydrogens (tertiary/aromatic N) is 1. The molecule has 16 heavy (non-hydrogen) atoms. The first-order valence-corrected chi connectivity index (χ1v) is 6.40. The summed E-state index contributed by atoms with van der Waals surface area (Å²) in [4.78, 5) is 13.1. The molecule has 1 heterocycles. The van der Waals surface area contributed by atoms with E-state index >= 15 is 0 Å². The van der Waals surface area contributed by atoms with Gasteiger partial charge in [0.25, 0.3) is 0 Å². The molecule has 0 aliphatic carbocycles. The Morgan fingerprint density at radius 2 is 2.06 bits per heavy atom. The standard InChI is InChI=1S/C10H12N2O3S/c1-12-5-7-4-8(11)2-3-9(7)16(14,15)6-10(12)13/h2-4H,5-6,11H2,1H3. The van der Waals surface area contributed by atoms with E-state index in [9.17, 15) is 13.2 Å². The average molecular weight is 240 g/mol. The first kappa shape index (κ1) is 10.9. The Hall–Kier alpha value is -1.56. The van der Waals surface area contributed by atoms with Gasteiger partial charge in [0.2, 0.25) is 5.91 Å². The van der Waals surface area contributed by atoms with Gasteiger partial charge in [0, 0.05) is 19.3 Å². The quantitative estimate of drug-likeness (QED) is 0.648. The smallest absolute Gasteiger partial charge is 0.238 e. The molecule has 1 aromatic carbocycles. The van der Waals surface area contributed by atoms with Crippen LogP contribution in [0.4, 0.5) is 5.69 Å². The van der Waals surface area contributed by atoms with E-state index in [1.165, 1.54) is 17.0 Å². The summed E-state index contributed by atoms with van der Waals surface area (Å²) in [6, 6.07) is 4.60. The zero-order valence-corrected chi connectivity index (χ0v) is 9.62. The maximum absolute atomic E-state index is 11.9. The minimum absolute atomic E-state index is 0.208. The van der Waals surface area contributed by atoms with Crippen LogP contribution >= 0.6 is 0 Å². The lowest BCUT2D eigenvalue weighted by atomic mass is 10.2. The van der Waals surface area contributed by atoms with Gasteiger partial charge in [-0.15, -0.1) is 0 Å². The largest absolute Gasteiger partial charge is 0.399 e. The summed E-state index contributed by atoms with van der Waals surface area (Å²) in [6.45, 7) is 0.276. The van der Waals surface area contributed by atoms with Crippen molar-refractivity contribution in [3.05, 3.63) is 23.8 Å². The van der Waals surface area contributed by atoms with Gasteiger partial charge in [0.05, 0.1) is 4.90 Å². The first-order valence-electron chi connectivity index (χ1n) is 4.75. The molecule has 1 aliphatic heterocycles. The van der Waals surface area contributed by atoms with Crippen LogP contribution in [0.25, 0.3) is 0 Å². The van der Waals surface area contributed by atoms with Crippen molar-refractivity contribution in [3.63, 3.8) is 0 Å². The van der Waals surface area contributed by atoms with Gasteiger partial charge in [-0.2, -0.15) is 0 Å². The molecule has 0 unspecified atom stereocenters. The number of nitrogen functional groups attached to an aromatic ring is 1. The SMILES string of the molecule is CN1Cc2cc(N)ccc2S(=O)(=O)CC1=O. The molecule has 0 bridgehead atoms. The summed E-state index contributed by atoms with van der Waals surface area (Å²) in [5.41, 5.74) is 6.68. The van der Waals surface area contributed by atoms with Crippen LogP contribution in [0.3, 0.4) is 0 Å². The summed E-state index contributed by atoms with van der Waals surface area (Å²) in [7, 11) is -1.94. The zero-order valence-electron chi connectivity index (χ0n) is 8.80. The van der Waals surface area contributed by atoms with Crippen molar-refractivity contribution in [3.8, 4) is 0 Å². The third kappa shape index (κ3) is 1.76. The number of carbonyl (C=O) groups is 1. The van der Waals surface area contributed by atoms with Crippen LogP contribution in [0.15, 0.2) is 23.1 Å². The first-order chi connectivity index (χ1) is 7.40. The van der Waals surface area contributed by atoms with Crippen molar-refractivity contribution >= 4 is 21.4 Å². The van der Waals surface area contributed by atoms with Gasteiger partial charge in [-0.05, 0) is 23.8 Å². The van der Waals surface area contributed by atoms with Crippen LogP contribution in [0.2, 0.25) is 0 Å². The Bertz CT molecular complexity index is 551. The van der Waals surface area contributed by atoms with Crippen LogP contribution in [-0.4, -0.2) is 32.0 Å². The fourth-order valence-corrected chi connectivity index (χ4v) is 3.22. The Balaban J connectivity index is 2.65. The number of rotatable bonds is 0. The lowest BCUT2D eigenvalue weighted by Crippen LogP contribution is -2.28. The van der Waals surface area contributed by atoms with Crippen LogP contribution in [0.1, 0.15) is 5.56 Å². The minimum Gasteiger partial charge on any atom is -0.399 e. The molecule has 0 fully saturated rings. The molecule has 1 aliphatic rings. The normalized spacial score (nSPS) is 19.1. The molecule has 2 rings (SSSR count). The highest BCUT2D eigenvalue weighted by Crippen LogP contribution is 2.24. The zero-order chi connectivity index (χ0) is 11.9. The highest BCUT2D eigenvalue weighted by Gasteiger charge is 2.28. The van der Waals surface area contributed by atoms with E-state index in [0.29, 0.717) is 11.3 Å². The number of nitrogens with two attached hydrogens (primary N) is 1. The molecule has 0 saturated carbocycles. The van der Waals surface area contributed by atoms with Crippen molar-refractivity contribution in [2.24, 2.45) is 0 Å². The van der Waals surface area contributed by atoms with E-state index in [1.807, 2.05) is 0 Å². The summed E-state index contributed by atoms with van der Waals surface area (Å²) in [5, 5.41) is 0. The van der Waals surface area contributed by atoms with Crippen LogP contribution in [-0.2, 0) is 21.2 Å². The third-order valence-corrected chi connectivity index (χ3v) is 4.26. The molecule has 0 spiro atoms. The van der Waals surface area contributed by atoms with Gasteiger partial charge in [0.15, 0.2) is 9.84 Å². The second-order valence-corrected chi connectivity index (χ2v) is 5.83. The number of anilines is 1. The lowest BCUT2D eigenvalue weighted by molar-refractivity contribution is -0.127. The van der Waals surface area contributed by atoms with E-state index in [4.69, 9.17) is 5.73 Å². The Morgan fingerprint density at radius 3 is 2.75 bits per heavy atom. The number of benzene rings is 1. The summed E-state index contributed by atoms with van der Waals surface area (Å²) in [5.74, 6) is -0.866. The maximum atomic E-state index is 11.9. The second kappa shape index (κ2) is 3.48. The molecule has 1 aromatic rings. The minimum atomic E-state index is -3.52. The Morgan fingerprint density at radius 1 is 1.38 bits per heavy atom. The van der Waals surface area contributed by atoms with Crippen molar-refractivity contribution in [1.29, 1.82) is 0 Å². The Kier molecular flexibility index (Phi) is 2.38. The summed E-state index contributed by atoms with van der Waals surface area (Å²) in [6.07, 6.45) is 0. The molecule has 1 amide bonds. The monoisotopic (exact) mass is 240 g/mol. The van der Waals surface area contributed by atoms with Gasteiger partial charge in [-0.1, -0.05) is 0 Å². The van der Waals surface area contributed by atoms with Gasteiger partial charge in [-0.3, -0.25) is 4.79 Å². The molecule has 0 atom stereocenters. The second-order valence-electron chi connectivity index (χ2n) is 3.88. The van der Waals surface area contributed by atoms with Gasteiger partial charge in [0.1, 0.15) is 5.75 Å². The predicted octanol–water partition coefficient (Wildman–Crippen LogP) is 0.0145. The van der Waals surface area contributed by atoms with Crippen LogP contribution < -0.4 is 5.73 Å². The molecular weight excluding hydrogens is 228 g/mol. The van der Waals surface area contributed by atoms with Gasteiger partial charge in [-0.25, -0.2) is 8.42 Å². The van der Waals surface area contributed by atoms with Crippen molar-refractivity contribution in [1.82, 2.24) is 4.90 Å². The number of hydrogen-bond acceptors (Lipinski definition) is 4. The molecule has 0 radical (unpaired) electrons. The number of hydrogen-bond donors (Lipinski definition) is 1. The van der Waals surface area contributed by atoms with Crippen LogP contribution in [0, 0.1) is 0 Å². The lowest BCUT2D eigenvalue weighted by Gasteiger charge is -2.13. The van der Waals surface area contributed by atoms with Crippen molar-refractivity contribution in [2.75, 3.05) is 18.5 Å². The predicted molar refractivity (Wildman–Crippen MR) is 59.4 cm³/mol. The molecule has 0 saturated heterocycles. The van der Waals surface area contributed by atoms with E-state index in [-0.39, 0.29) is 11.4 Å². The van der Waals surface area contributed by atoms with Gasteiger partial charge >= 0.3 is 0 Å². The fraction of sp³-hybridized carbons (Fsp3) is 0.300. The van der Waals surface area contributed by atoms with Gasteiger partial charge < -0.3 is 10.6 Å². The van der Waals surface area contributed by atoms with E-state index in [1.54, 1.807) is 13.1 Å². The highest BCUT2D eigenvalue weighted by molar-refractivity contribution is 7.92. The molecule has 5 nitrogen and oxygen atoms in total. The average Bonchev–Trinajstić information content (AvgIpc) is 2.22. The molecule has 0 aromatic heterocycles. The molecule has 2 N–H and O–H groups in total. The Labute approximate surface area is 93.8 Å². The molecular formula is C10H12N2O3S. The highest BCUT2D eigenvalue weighted by atomic mass is 32.2. The topological polar surface area (TPSA) is 80.5 Å². The number of sulfone groups is 1. The molecule has 86 valence electrons. The number of carbonyl (C=O) groups excluding carboxylic acids is 1. The third-order valence-electron chi connectivity index (χ3n) is 2.57. The molecule has 6 heteroatoms. The van der Waals surface area contributed by atoms with E-state index in [0.717, 1.165) is 0 Å². The van der Waals surface area contributed by atoms with E-state index < -0.39 is 21.5 Å².